The number of hydrogen-bond donors (Lipinski definition) is 2. The Hall–Kier alpha value is -2.41. The summed E-state index contributed by atoms with van der Waals surface area (Å²) >= 11 is 0. The molecule has 7 heteroatoms. The Morgan fingerprint density at radius 1 is 1.50 bits per heavy atom. The van der Waals surface area contributed by atoms with Crippen molar-refractivity contribution >= 4 is 5.91 Å². The summed E-state index contributed by atoms with van der Waals surface area (Å²) in [5.74, 6) is -0.429. The standard InChI is InChI=1S/C15H20N4O3/c1-9-7-10(2)17-14(20)13(9)15(21)18-11(8-22-4)12-5-6-16-19(12)3/h5-7,11H,8H2,1-4H3,(H,17,20)(H,18,21). The van der Waals surface area contributed by atoms with Crippen LogP contribution in [0.25, 0.3) is 0 Å². The molecular weight excluding hydrogens is 284 g/mol. The molecule has 1 atom stereocenters. The summed E-state index contributed by atoms with van der Waals surface area (Å²) in [4.78, 5) is 27.1. The van der Waals surface area contributed by atoms with E-state index in [1.54, 1.807) is 51.0 Å². The average molecular weight is 304 g/mol. The van der Waals surface area contributed by atoms with Crippen LogP contribution in [0.5, 0.6) is 0 Å². The Morgan fingerprint density at radius 3 is 2.77 bits per heavy atom. The predicted octanol–water partition coefficient (Wildman–Crippen LogP) is 0.843. The number of aromatic nitrogens is 3. The van der Waals surface area contributed by atoms with E-state index >= 15 is 0 Å². The van der Waals surface area contributed by atoms with Gasteiger partial charge in [0, 0.05) is 26.0 Å². The Bertz CT molecular complexity index is 733. The van der Waals surface area contributed by atoms with Crippen LogP contribution in [0.15, 0.2) is 23.1 Å². The van der Waals surface area contributed by atoms with Crippen LogP contribution in [0.2, 0.25) is 0 Å². The molecular formula is C15H20N4O3. The molecule has 2 aromatic heterocycles. The lowest BCUT2D eigenvalue weighted by Gasteiger charge is -2.18. The van der Waals surface area contributed by atoms with Crippen LogP contribution in [0.1, 0.15) is 33.4 Å². The summed E-state index contributed by atoms with van der Waals surface area (Å²) < 4.78 is 6.82. The maximum atomic E-state index is 12.5. The second-order valence-corrected chi connectivity index (χ2v) is 5.20. The van der Waals surface area contributed by atoms with Crippen molar-refractivity contribution in [3.63, 3.8) is 0 Å². The van der Waals surface area contributed by atoms with E-state index in [0.29, 0.717) is 5.56 Å². The molecule has 0 aromatic carbocycles. The van der Waals surface area contributed by atoms with E-state index in [9.17, 15) is 9.59 Å². The predicted molar refractivity (Wildman–Crippen MR) is 81.8 cm³/mol. The first-order valence-corrected chi connectivity index (χ1v) is 6.92. The van der Waals surface area contributed by atoms with E-state index in [-0.39, 0.29) is 18.2 Å². The molecule has 0 radical (unpaired) electrons. The smallest absolute Gasteiger partial charge is 0.261 e. The van der Waals surface area contributed by atoms with Crippen molar-refractivity contribution in [1.29, 1.82) is 0 Å². The van der Waals surface area contributed by atoms with E-state index < -0.39 is 11.5 Å². The van der Waals surface area contributed by atoms with Gasteiger partial charge < -0.3 is 15.0 Å². The number of carbonyl (C=O) groups is 1. The molecule has 0 aliphatic carbocycles. The number of hydrogen-bond acceptors (Lipinski definition) is 4. The zero-order valence-electron chi connectivity index (χ0n) is 13.1. The van der Waals surface area contributed by atoms with Crippen LogP contribution in [-0.4, -0.2) is 34.4 Å². The van der Waals surface area contributed by atoms with Gasteiger partial charge in [0.2, 0.25) is 0 Å². The highest BCUT2D eigenvalue weighted by atomic mass is 16.5. The van der Waals surface area contributed by atoms with Crippen molar-refractivity contribution in [1.82, 2.24) is 20.1 Å². The summed E-state index contributed by atoms with van der Waals surface area (Å²) in [5.41, 5.74) is 1.89. The number of pyridine rings is 1. The molecule has 2 N–H and O–H groups in total. The first-order valence-electron chi connectivity index (χ1n) is 6.92. The lowest BCUT2D eigenvalue weighted by atomic mass is 10.1. The number of nitrogens with one attached hydrogen (secondary N) is 2. The van der Waals surface area contributed by atoms with Gasteiger partial charge in [0.25, 0.3) is 11.5 Å². The zero-order valence-corrected chi connectivity index (χ0v) is 13.1. The van der Waals surface area contributed by atoms with Gasteiger partial charge in [-0.05, 0) is 31.5 Å². The minimum atomic E-state index is -0.429. The SMILES string of the molecule is COCC(NC(=O)c1c(C)cc(C)[nH]c1=O)c1ccnn1C. The monoisotopic (exact) mass is 304 g/mol. The summed E-state index contributed by atoms with van der Waals surface area (Å²) in [5, 5.41) is 6.92. The Balaban J connectivity index is 2.30. The number of ether oxygens (including phenoxy) is 1. The molecule has 0 saturated heterocycles. The quantitative estimate of drug-likeness (QED) is 0.857. The molecule has 1 amide bonds. The Labute approximate surface area is 128 Å². The number of rotatable bonds is 5. The third-order valence-electron chi connectivity index (χ3n) is 3.45. The Morgan fingerprint density at radius 2 is 2.23 bits per heavy atom. The van der Waals surface area contributed by atoms with Crippen molar-refractivity contribution in [3.8, 4) is 0 Å². The zero-order chi connectivity index (χ0) is 16.3. The molecule has 2 rings (SSSR count). The van der Waals surface area contributed by atoms with Gasteiger partial charge in [-0.25, -0.2) is 0 Å². The van der Waals surface area contributed by atoms with E-state index in [4.69, 9.17) is 4.74 Å². The third kappa shape index (κ3) is 3.25. The van der Waals surface area contributed by atoms with Gasteiger partial charge in [-0.1, -0.05) is 0 Å². The number of nitrogens with zero attached hydrogens (tertiary/aromatic N) is 2. The molecule has 118 valence electrons. The van der Waals surface area contributed by atoms with Crippen LogP contribution in [0, 0.1) is 13.8 Å². The molecule has 2 aromatic rings. The second-order valence-electron chi connectivity index (χ2n) is 5.20. The van der Waals surface area contributed by atoms with Crippen LogP contribution in [0.3, 0.4) is 0 Å². The first-order chi connectivity index (χ1) is 10.4. The van der Waals surface area contributed by atoms with Crippen LogP contribution in [-0.2, 0) is 11.8 Å². The van der Waals surface area contributed by atoms with Crippen LogP contribution in [0.4, 0.5) is 0 Å². The van der Waals surface area contributed by atoms with Gasteiger partial charge in [-0.2, -0.15) is 5.10 Å². The summed E-state index contributed by atoms with van der Waals surface area (Å²) in [6, 6.07) is 3.19. The highest BCUT2D eigenvalue weighted by molar-refractivity contribution is 5.95. The van der Waals surface area contributed by atoms with Gasteiger partial charge in [0.15, 0.2) is 0 Å². The number of carbonyl (C=O) groups excluding carboxylic acids is 1. The number of methoxy groups -OCH3 is 1. The largest absolute Gasteiger partial charge is 0.382 e. The van der Waals surface area contributed by atoms with E-state index in [2.05, 4.69) is 15.4 Å². The lowest BCUT2D eigenvalue weighted by Crippen LogP contribution is -2.36. The molecule has 1 unspecified atom stereocenters. The first kappa shape index (κ1) is 16.0. The number of amides is 1. The molecule has 0 spiro atoms. The minimum Gasteiger partial charge on any atom is -0.382 e. The molecule has 0 aliphatic heterocycles. The molecule has 0 bridgehead atoms. The fourth-order valence-corrected chi connectivity index (χ4v) is 2.46. The van der Waals surface area contributed by atoms with Crippen LogP contribution < -0.4 is 10.9 Å². The number of aryl methyl sites for hydroxylation is 3. The normalized spacial score (nSPS) is 12.2. The minimum absolute atomic E-state index is 0.119. The second kappa shape index (κ2) is 6.57. The number of H-pyrrole nitrogens is 1. The van der Waals surface area contributed by atoms with E-state index in [1.165, 1.54) is 0 Å². The Kier molecular flexibility index (Phi) is 4.77. The lowest BCUT2D eigenvalue weighted by molar-refractivity contribution is 0.0890. The fourth-order valence-electron chi connectivity index (χ4n) is 2.46. The molecule has 7 nitrogen and oxygen atoms in total. The third-order valence-corrected chi connectivity index (χ3v) is 3.45. The molecule has 0 aliphatic rings. The fraction of sp³-hybridized carbons (Fsp3) is 0.400. The van der Waals surface area contributed by atoms with E-state index in [1.807, 2.05) is 0 Å². The van der Waals surface area contributed by atoms with E-state index in [0.717, 1.165) is 11.4 Å². The van der Waals surface area contributed by atoms with Gasteiger partial charge in [-0.3, -0.25) is 14.3 Å². The van der Waals surface area contributed by atoms with Crippen molar-refractivity contribution in [2.24, 2.45) is 7.05 Å². The molecule has 2 heterocycles. The topological polar surface area (TPSA) is 89.0 Å². The van der Waals surface area contributed by atoms with Crippen LogP contribution >= 0.6 is 0 Å². The van der Waals surface area contributed by atoms with Crippen molar-refractivity contribution < 1.29 is 9.53 Å². The number of aromatic amines is 1. The highest BCUT2D eigenvalue weighted by Gasteiger charge is 2.21. The maximum absolute atomic E-state index is 12.5. The van der Waals surface area contributed by atoms with Gasteiger partial charge in [-0.15, -0.1) is 0 Å². The van der Waals surface area contributed by atoms with Gasteiger partial charge in [0.1, 0.15) is 5.56 Å². The molecule has 0 saturated carbocycles. The summed E-state index contributed by atoms with van der Waals surface area (Å²) in [6.07, 6.45) is 1.65. The average Bonchev–Trinajstić information content (AvgIpc) is 2.83. The molecule has 0 fully saturated rings. The van der Waals surface area contributed by atoms with Crippen molar-refractivity contribution in [3.05, 3.63) is 51.2 Å². The van der Waals surface area contributed by atoms with Crippen molar-refractivity contribution in [2.75, 3.05) is 13.7 Å². The maximum Gasteiger partial charge on any atom is 0.261 e. The molecule has 22 heavy (non-hydrogen) atoms. The van der Waals surface area contributed by atoms with Crippen molar-refractivity contribution in [2.45, 2.75) is 19.9 Å². The van der Waals surface area contributed by atoms with Gasteiger partial charge >= 0.3 is 0 Å². The summed E-state index contributed by atoms with van der Waals surface area (Å²) in [7, 11) is 3.34. The highest BCUT2D eigenvalue weighted by Crippen LogP contribution is 2.13. The summed E-state index contributed by atoms with van der Waals surface area (Å²) in [6.45, 7) is 3.81. The van der Waals surface area contributed by atoms with Gasteiger partial charge in [0.05, 0.1) is 18.3 Å².